The van der Waals surface area contributed by atoms with Gasteiger partial charge in [0.25, 0.3) is 0 Å². The molecule has 0 radical (unpaired) electrons. The fraction of sp³-hybridized carbons (Fsp3) is 0.517. The van der Waals surface area contributed by atoms with E-state index in [0.717, 1.165) is 51.9 Å². The third kappa shape index (κ3) is 6.81. The lowest BCUT2D eigenvalue weighted by Crippen LogP contribution is -2.41. The molecular weight excluding hydrogens is 449 g/mol. The van der Waals surface area contributed by atoms with Crippen molar-refractivity contribution in [2.75, 3.05) is 39.3 Å². The number of piperidine rings is 2. The number of nitrogens with zero attached hydrogens (tertiary/aromatic N) is 2. The molecule has 0 atom stereocenters. The van der Waals surface area contributed by atoms with Gasteiger partial charge in [0.2, 0.25) is 0 Å². The summed E-state index contributed by atoms with van der Waals surface area (Å²) < 4.78 is 49.6. The van der Waals surface area contributed by atoms with E-state index in [1.165, 1.54) is 18.6 Å². The molecular formula is C29H37F3N2O. The van der Waals surface area contributed by atoms with Crippen LogP contribution in [-0.4, -0.2) is 54.8 Å². The van der Waals surface area contributed by atoms with Crippen molar-refractivity contribution in [2.45, 2.75) is 51.6 Å². The maximum atomic E-state index is 14.9. The van der Waals surface area contributed by atoms with Gasteiger partial charge in [-0.2, -0.15) is 0 Å². The van der Waals surface area contributed by atoms with E-state index in [1.807, 2.05) is 0 Å². The number of alkyl halides is 1. The van der Waals surface area contributed by atoms with Gasteiger partial charge >= 0.3 is 0 Å². The summed E-state index contributed by atoms with van der Waals surface area (Å²) in [6.07, 6.45) is 5.25. The highest BCUT2D eigenvalue weighted by Gasteiger charge is 2.25. The molecule has 2 aliphatic heterocycles. The predicted molar refractivity (Wildman–Crippen MR) is 136 cm³/mol. The molecule has 0 amide bonds. The van der Waals surface area contributed by atoms with Gasteiger partial charge in [0.1, 0.15) is 23.1 Å². The Balaban J connectivity index is 1.34. The van der Waals surface area contributed by atoms with Crippen LogP contribution in [0, 0.1) is 17.6 Å². The van der Waals surface area contributed by atoms with Crippen LogP contribution in [0.4, 0.5) is 13.2 Å². The van der Waals surface area contributed by atoms with Gasteiger partial charge in [-0.1, -0.05) is 12.6 Å². The molecule has 0 unspecified atom stereocenters. The van der Waals surface area contributed by atoms with Crippen LogP contribution in [0.5, 0.6) is 5.75 Å². The van der Waals surface area contributed by atoms with Gasteiger partial charge in [-0.15, -0.1) is 0 Å². The number of hydrogen-bond acceptors (Lipinski definition) is 3. The van der Waals surface area contributed by atoms with Crippen LogP contribution in [0.25, 0.3) is 16.8 Å². The molecule has 2 aliphatic rings. The predicted octanol–water partition coefficient (Wildman–Crippen LogP) is 6.93. The molecule has 2 saturated heterocycles. The van der Waals surface area contributed by atoms with Crippen LogP contribution in [0.3, 0.4) is 0 Å². The largest absolute Gasteiger partial charge is 0.493 e. The van der Waals surface area contributed by atoms with E-state index in [-0.39, 0.29) is 5.82 Å². The molecule has 0 aromatic heterocycles. The fourth-order valence-electron chi connectivity index (χ4n) is 5.13. The van der Waals surface area contributed by atoms with Crippen molar-refractivity contribution in [1.82, 2.24) is 9.80 Å². The van der Waals surface area contributed by atoms with E-state index in [4.69, 9.17) is 4.74 Å². The van der Waals surface area contributed by atoms with Gasteiger partial charge in [-0.25, -0.2) is 13.2 Å². The van der Waals surface area contributed by atoms with Crippen molar-refractivity contribution >= 4 is 5.70 Å². The molecule has 0 bridgehead atoms. The van der Waals surface area contributed by atoms with Crippen molar-refractivity contribution in [3.8, 4) is 16.9 Å². The minimum Gasteiger partial charge on any atom is -0.493 e. The highest BCUT2D eigenvalue weighted by molar-refractivity contribution is 5.70. The highest BCUT2D eigenvalue weighted by atomic mass is 19.1. The first-order valence-electron chi connectivity index (χ1n) is 12.8. The Labute approximate surface area is 207 Å². The van der Waals surface area contributed by atoms with Crippen LogP contribution in [0.2, 0.25) is 0 Å². The molecule has 0 spiro atoms. The van der Waals surface area contributed by atoms with Gasteiger partial charge in [-0.05, 0) is 94.8 Å². The number of likely N-dealkylation sites (tertiary alicyclic amines) is 2. The molecule has 2 fully saturated rings. The molecule has 3 nitrogen and oxygen atoms in total. The van der Waals surface area contributed by atoms with Crippen LogP contribution in [0.1, 0.15) is 51.5 Å². The van der Waals surface area contributed by atoms with E-state index >= 15 is 0 Å². The number of rotatable bonds is 8. The van der Waals surface area contributed by atoms with Crippen molar-refractivity contribution in [1.29, 1.82) is 0 Å². The quantitative estimate of drug-likeness (QED) is 0.403. The third-order valence-electron chi connectivity index (χ3n) is 7.06. The van der Waals surface area contributed by atoms with Crippen molar-refractivity contribution in [3.63, 3.8) is 0 Å². The normalized spacial score (nSPS) is 18.0. The van der Waals surface area contributed by atoms with Crippen LogP contribution in [-0.2, 0) is 0 Å². The van der Waals surface area contributed by atoms with E-state index in [1.54, 1.807) is 38.1 Å². The van der Waals surface area contributed by atoms with Gasteiger partial charge in [0, 0.05) is 42.5 Å². The van der Waals surface area contributed by atoms with Crippen molar-refractivity contribution < 1.29 is 17.9 Å². The summed E-state index contributed by atoms with van der Waals surface area (Å²) in [4.78, 5) is 4.27. The lowest BCUT2D eigenvalue weighted by molar-refractivity contribution is 0.0836. The number of hydrogen-bond donors (Lipinski definition) is 0. The second-order valence-corrected chi connectivity index (χ2v) is 10.6. The lowest BCUT2D eigenvalue weighted by Gasteiger charge is -2.34. The van der Waals surface area contributed by atoms with Gasteiger partial charge < -0.3 is 14.5 Å². The molecule has 190 valence electrons. The van der Waals surface area contributed by atoms with Crippen LogP contribution >= 0.6 is 0 Å². The molecule has 2 heterocycles. The first-order chi connectivity index (χ1) is 16.7. The number of halogens is 3. The molecule has 2 aromatic rings. The summed E-state index contributed by atoms with van der Waals surface area (Å²) in [5, 5.41) is 0. The van der Waals surface area contributed by atoms with Crippen LogP contribution < -0.4 is 4.74 Å². The van der Waals surface area contributed by atoms with Gasteiger partial charge in [0.15, 0.2) is 0 Å². The Kier molecular flexibility index (Phi) is 8.10. The Morgan fingerprint density at radius 3 is 2.31 bits per heavy atom. The van der Waals surface area contributed by atoms with Crippen molar-refractivity contribution in [2.24, 2.45) is 5.92 Å². The first kappa shape index (κ1) is 25.6. The van der Waals surface area contributed by atoms with E-state index in [2.05, 4.69) is 16.4 Å². The summed E-state index contributed by atoms with van der Waals surface area (Å²) in [7, 11) is 0. The minimum atomic E-state index is -1.19. The fourth-order valence-corrected chi connectivity index (χ4v) is 5.13. The Bertz CT molecular complexity index is 1020. The molecule has 0 N–H and O–H groups in total. The van der Waals surface area contributed by atoms with E-state index in [0.29, 0.717) is 47.2 Å². The molecule has 2 aromatic carbocycles. The summed E-state index contributed by atoms with van der Waals surface area (Å²) >= 11 is 0. The Morgan fingerprint density at radius 2 is 1.69 bits per heavy atom. The summed E-state index contributed by atoms with van der Waals surface area (Å²) in [6, 6.07) is 9.58. The number of benzene rings is 2. The van der Waals surface area contributed by atoms with E-state index < -0.39 is 11.5 Å². The standard InChI is InChI=1S/C29H37F3N2O/c1-21(34-13-5-4-6-14-34)25-9-7-23(17-27(25)30)26-10-8-24(18-28(26)31)35-19-22-11-15-33(16-12-22)20-29(2,3)32/h7-10,17-18,22H,1,4-6,11-16,19-20H2,2-3H3. The van der Waals surface area contributed by atoms with E-state index in [9.17, 15) is 13.2 Å². The second kappa shape index (κ2) is 11.1. The monoisotopic (exact) mass is 486 g/mol. The molecule has 0 aliphatic carbocycles. The zero-order chi connectivity index (χ0) is 25.0. The smallest absolute Gasteiger partial charge is 0.134 e. The molecule has 0 saturated carbocycles. The Morgan fingerprint density at radius 1 is 0.971 bits per heavy atom. The zero-order valence-corrected chi connectivity index (χ0v) is 21.0. The Hall–Kier alpha value is -2.47. The molecule has 4 rings (SSSR count). The average molecular weight is 487 g/mol. The third-order valence-corrected chi connectivity index (χ3v) is 7.06. The molecule has 6 heteroatoms. The summed E-state index contributed by atoms with van der Waals surface area (Å²) in [5.74, 6) is 0.00490. The molecule has 35 heavy (non-hydrogen) atoms. The first-order valence-corrected chi connectivity index (χ1v) is 12.8. The van der Waals surface area contributed by atoms with Crippen molar-refractivity contribution in [3.05, 3.63) is 60.2 Å². The highest BCUT2D eigenvalue weighted by Crippen LogP contribution is 2.31. The second-order valence-electron chi connectivity index (χ2n) is 10.6. The average Bonchev–Trinajstić information content (AvgIpc) is 2.83. The van der Waals surface area contributed by atoms with Gasteiger partial charge in [-0.3, -0.25) is 0 Å². The van der Waals surface area contributed by atoms with Gasteiger partial charge in [0.05, 0.1) is 6.61 Å². The maximum absolute atomic E-state index is 14.9. The zero-order valence-electron chi connectivity index (χ0n) is 21.0. The summed E-state index contributed by atoms with van der Waals surface area (Å²) in [6.45, 7) is 11.7. The SMILES string of the molecule is C=C(c1ccc(-c2ccc(OCC3CCN(CC(C)(C)F)CC3)cc2F)cc1F)N1CCCCC1. The topological polar surface area (TPSA) is 15.7 Å². The number of ether oxygens (including phenoxy) is 1. The summed E-state index contributed by atoms with van der Waals surface area (Å²) in [5.41, 5.74) is 0.806. The maximum Gasteiger partial charge on any atom is 0.134 e. The minimum absolute atomic E-state index is 0.341. The van der Waals surface area contributed by atoms with Crippen LogP contribution in [0.15, 0.2) is 43.0 Å². The lowest BCUT2D eigenvalue weighted by atomic mass is 9.96.